The Balaban J connectivity index is 1.78. The molecular formula is C17H21N5O2. The second-order valence-corrected chi connectivity index (χ2v) is 6.46. The highest BCUT2D eigenvalue weighted by Crippen LogP contribution is 2.34. The van der Waals surface area contributed by atoms with E-state index in [1.807, 2.05) is 22.8 Å². The van der Waals surface area contributed by atoms with Gasteiger partial charge in [-0.05, 0) is 30.9 Å². The highest BCUT2D eigenvalue weighted by molar-refractivity contribution is 5.85. The van der Waals surface area contributed by atoms with Crippen molar-refractivity contribution in [2.75, 3.05) is 5.32 Å². The van der Waals surface area contributed by atoms with Crippen molar-refractivity contribution in [2.24, 2.45) is 5.92 Å². The largest absolute Gasteiger partial charge is 0.388 e. The van der Waals surface area contributed by atoms with E-state index in [1.54, 1.807) is 6.20 Å². The van der Waals surface area contributed by atoms with Crippen LogP contribution in [-0.4, -0.2) is 30.9 Å². The molecule has 2 N–H and O–H groups in total. The van der Waals surface area contributed by atoms with Crippen LogP contribution in [0.15, 0.2) is 29.0 Å². The third kappa shape index (κ3) is 2.65. The average molecular weight is 327 g/mol. The summed E-state index contributed by atoms with van der Waals surface area (Å²) in [7, 11) is 0. The van der Waals surface area contributed by atoms with Crippen molar-refractivity contribution in [1.82, 2.24) is 19.8 Å². The molecule has 1 aliphatic carbocycles. The van der Waals surface area contributed by atoms with Crippen molar-refractivity contribution in [3.8, 4) is 11.5 Å². The molecule has 1 saturated carbocycles. The monoisotopic (exact) mass is 327 g/mol. The average Bonchev–Trinajstić information content (AvgIpc) is 3.25. The van der Waals surface area contributed by atoms with Gasteiger partial charge in [0.1, 0.15) is 6.61 Å². The van der Waals surface area contributed by atoms with E-state index in [1.165, 1.54) is 19.3 Å². The van der Waals surface area contributed by atoms with Crippen LogP contribution in [0.2, 0.25) is 0 Å². The number of hydrogen-bond acceptors (Lipinski definition) is 6. The van der Waals surface area contributed by atoms with E-state index in [4.69, 9.17) is 4.52 Å². The van der Waals surface area contributed by atoms with E-state index >= 15 is 0 Å². The molecule has 24 heavy (non-hydrogen) atoms. The molecule has 126 valence electrons. The summed E-state index contributed by atoms with van der Waals surface area (Å²) in [5, 5.41) is 21.1. The quantitative estimate of drug-likeness (QED) is 0.766. The number of fused-ring (bicyclic) bond motifs is 1. The lowest BCUT2D eigenvalue weighted by atomic mass is 9.85. The summed E-state index contributed by atoms with van der Waals surface area (Å²) in [5.41, 5.74) is 2.71. The molecule has 7 heteroatoms. The zero-order valence-electron chi connectivity index (χ0n) is 13.6. The van der Waals surface area contributed by atoms with E-state index < -0.39 is 0 Å². The van der Waals surface area contributed by atoms with Crippen LogP contribution in [0.1, 0.15) is 38.4 Å². The second-order valence-electron chi connectivity index (χ2n) is 6.46. The van der Waals surface area contributed by atoms with Gasteiger partial charge < -0.3 is 14.9 Å². The number of anilines is 1. The highest BCUT2D eigenvalue weighted by Gasteiger charge is 2.24. The van der Waals surface area contributed by atoms with Gasteiger partial charge in [0.05, 0.1) is 23.0 Å². The van der Waals surface area contributed by atoms with Gasteiger partial charge >= 0.3 is 0 Å². The fourth-order valence-electron chi connectivity index (χ4n) is 3.45. The van der Waals surface area contributed by atoms with Gasteiger partial charge in [-0.1, -0.05) is 24.9 Å². The normalized spacial score (nSPS) is 21.2. The highest BCUT2D eigenvalue weighted by atomic mass is 16.5. The summed E-state index contributed by atoms with van der Waals surface area (Å²) in [6.45, 7) is 2.05. The first-order valence-electron chi connectivity index (χ1n) is 8.43. The van der Waals surface area contributed by atoms with Crippen LogP contribution in [-0.2, 0) is 6.61 Å². The predicted molar refractivity (Wildman–Crippen MR) is 89.4 cm³/mol. The SMILES string of the molecule is C[C@H]1CCCC[C@H]1Nc1c(-c2nc(CO)no2)cnn2cccc12. The van der Waals surface area contributed by atoms with Gasteiger partial charge in [0.25, 0.3) is 5.89 Å². The lowest BCUT2D eigenvalue weighted by Gasteiger charge is -2.31. The van der Waals surface area contributed by atoms with E-state index in [9.17, 15) is 5.11 Å². The van der Waals surface area contributed by atoms with Crippen LogP contribution in [0.4, 0.5) is 5.69 Å². The molecule has 7 nitrogen and oxygen atoms in total. The van der Waals surface area contributed by atoms with Crippen molar-refractivity contribution >= 4 is 11.2 Å². The molecular weight excluding hydrogens is 306 g/mol. The smallest absolute Gasteiger partial charge is 0.261 e. The molecule has 3 aromatic rings. The molecule has 0 spiro atoms. The van der Waals surface area contributed by atoms with Crippen molar-refractivity contribution in [2.45, 2.75) is 45.3 Å². The molecule has 0 saturated heterocycles. The van der Waals surface area contributed by atoms with Crippen LogP contribution in [0.3, 0.4) is 0 Å². The number of aromatic nitrogens is 4. The lowest BCUT2D eigenvalue weighted by Crippen LogP contribution is -2.30. The summed E-state index contributed by atoms with van der Waals surface area (Å²) in [6.07, 6.45) is 8.59. The van der Waals surface area contributed by atoms with Crippen LogP contribution in [0.25, 0.3) is 17.0 Å². The molecule has 1 fully saturated rings. The Morgan fingerprint density at radius 3 is 3.04 bits per heavy atom. The molecule has 0 bridgehead atoms. The third-order valence-corrected chi connectivity index (χ3v) is 4.85. The number of nitrogens with one attached hydrogen (secondary N) is 1. The minimum atomic E-state index is -0.243. The molecule has 0 aliphatic heterocycles. The van der Waals surface area contributed by atoms with Crippen molar-refractivity contribution in [3.05, 3.63) is 30.4 Å². The van der Waals surface area contributed by atoms with E-state index in [2.05, 4.69) is 27.5 Å². The number of aliphatic hydroxyl groups is 1. The Morgan fingerprint density at radius 2 is 2.25 bits per heavy atom. The number of nitrogens with zero attached hydrogens (tertiary/aromatic N) is 4. The number of rotatable bonds is 4. The minimum absolute atomic E-state index is 0.243. The minimum Gasteiger partial charge on any atom is -0.388 e. The summed E-state index contributed by atoms with van der Waals surface area (Å²) < 4.78 is 7.15. The first-order valence-corrected chi connectivity index (χ1v) is 8.43. The third-order valence-electron chi connectivity index (χ3n) is 4.85. The standard InChI is InChI=1S/C17H21N5O2/c1-11-5-2-3-6-13(11)19-16-12(17-20-15(10-23)21-24-17)9-18-22-8-4-7-14(16)22/h4,7-9,11,13,19,23H,2-3,5-6,10H2,1H3/t11-,13+/m0/s1. The molecule has 0 aromatic carbocycles. The van der Waals surface area contributed by atoms with E-state index in [-0.39, 0.29) is 12.4 Å². The molecule has 0 unspecified atom stereocenters. The second kappa shape index (κ2) is 6.24. The molecule has 1 aliphatic rings. The van der Waals surface area contributed by atoms with Crippen molar-refractivity contribution in [3.63, 3.8) is 0 Å². The van der Waals surface area contributed by atoms with E-state index in [0.29, 0.717) is 17.9 Å². The fraction of sp³-hybridized carbons (Fsp3) is 0.471. The molecule has 3 aromatic heterocycles. The number of hydrogen-bond donors (Lipinski definition) is 2. The van der Waals surface area contributed by atoms with Crippen molar-refractivity contribution in [1.29, 1.82) is 0 Å². The van der Waals surface area contributed by atoms with Gasteiger partial charge in [0.2, 0.25) is 0 Å². The zero-order valence-corrected chi connectivity index (χ0v) is 13.6. The summed E-state index contributed by atoms with van der Waals surface area (Å²) in [6, 6.07) is 4.41. The Hall–Kier alpha value is -2.41. The molecule has 3 heterocycles. The maximum absolute atomic E-state index is 9.18. The Morgan fingerprint density at radius 1 is 1.38 bits per heavy atom. The van der Waals surface area contributed by atoms with Crippen LogP contribution in [0.5, 0.6) is 0 Å². The van der Waals surface area contributed by atoms with Gasteiger partial charge in [-0.2, -0.15) is 10.1 Å². The topological polar surface area (TPSA) is 88.5 Å². The fourth-order valence-corrected chi connectivity index (χ4v) is 3.45. The lowest BCUT2D eigenvalue weighted by molar-refractivity contribution is 0.264. The van der Waals surface area contributed by atoms with Gasteiger partial charge in [0, 0.05) is 12.2 Å². The maximum Gasteiger partial charge on any atom is 0.261 e. The zero-order chi connectivity index (χ0) is 16.5. The molecule has 0 radical (unpaired) electrons. The van der Waals surface area contributed by atoms with Crippen LogP contribution in [0, 0.1) is 5.92 Å². The van der Waals surface area contributed by atoms with Gasteiger partial charge in [-0.15, -0.1) is 0 Å². The molecule has 4 rings (SSSR count). The van der Waals surface area contributed by atoms with Crippen molar-refractivity contribution < 1.29 is 9.63 Å². The Bertz CT molecular complexity index is 840. The predicted octanol–water partition coefficient (Wildman–Crippen LogP) is 2.87. The van der Waals surface area contributed by atoms with Crippen LogP contribution < -0.4 is 5.32 Å². The summed E-state index contributed by atoms with van der Waals surface area (Å²) in [5.74, 6) is 1.27. The van der Waals surface area contributed by atoms with Gasteiger partial charge in [-0.25, -0.2) is 4.52 Å². The van der Waals surface area contributed by atoms with Gasteiger partial charge in [-0.3, -0.25) is 0 Å². The van der Waals surface area contributed by atoms with Gasteiger partial charge in [0.15, 0.2) is 5.82 Å². The maximum atomic E-state index is 9.18. The first kappa shape index (κ1) is 15.1. The Kier molecular flexibility index (Phi) is 3.93. The van der Waals surface area contributed by atoms with Crippen LogP contribution >= 0.6 is 0 Å². The summed E-state index contributed by atoms with van der Waals surface area (Å²) in [4.78, 5) is 4.25. The number of aliphatic hydroxyl groups excluding tert-OH is 1. The molecule has 0 amide bonds. The first-order chi connectivity index (χ1) is 11.8. The molecule has 2 atom stereocenters. The summed E-state index contributed by atoms with van der Waals surface area (Å²) >= 11 is 0. The Labute approximate surface area is 139 Å². The van der Waals surface area contributed by atoms with E-state index in [0.717, 1.165) is 23.2 Å².